The van der Waals surface area contributed by atoms with Crippen molar-refractivity contribution in [2.45, 2.75) is 31.8 Å². The molecule has 1 fully saturated rings. The summed E-state index contributed by atoms with van der Waals surface area (Å²) in [5.74, 6) is -1.63. The molecule has 2 aromatic rings. The molecule has 1 saturated heterocycles. The van der Waals surface area contributed by atoms with E-state index in [9.17, 15) is 14.4 Å². The van der Waals surface area contributed by atoms with Gasteiger partial charge in [-0.2, -0.15) is 0 Å². The van der Waals surface area contributed by atoms with Crippen molar-refractivity contribution in [2.75, 3.05) is 26.3 Å². The van der Waals surface area contributed by atoms with Gasteiger partial charge in [-0.3, -0.25) is 9.59 Å². The predicted molar refractivity (Wildman–Crippen MR) is 125 cm³/mol. The number of carbonyl (C=O) groups is 3. The molecule has 0 aromatic heterocycles. The zero-order valence-corrected chi connectivity index (χ0v) is 19.2. The fraction of sp³-hybridized carbons (Fsp3) is 0.423. The maximum absolute atomic E-state index is 12.3. The first-order valence-corrected chi connectivity index (χ1v) is 11.6. The number of carbonyl (C=O) groups excluding carboxylic acids is 2. The molecule has 2 amide bonds. The molecule has 0 bridgehead atoms. The maximum atomic E-state index is 12.3. The van der Waals surface area contributed by atoms with Gasteiger partial charge in [0.25, 0.3) is 0 Å². The minimum Gasteiger partial charge on any atom is -0.481 e. The summed E-state index contributed by atoms with van der Waals surface area (Å²) in [5, 5.41) is 14.5. The second-order valence-electron chi connectivity index (χ2n) is 9.05. The van der Waals surface area contributed by atoms with Gasteiger partial charge in [-0.25, -0.2) is 4.79 Å². The Kier molecular flexibility index (Phi) is 7.47. The second kappa shape index (κ2) is 10.7. The molecule has 1 aliphatic carbocycles. The number of ether oxygens (including phenoxy) is 2. The number of nitrogens with one attached hydrogen (secondary N) is 2. The Morgan fingerprint density at radius 3 is 2.32 bits per heavy atom. The Morgan fingerprint density at radius 2 is 1.71 bits per heavy atom. The zero-order chi connectivity index (χ0) is 24.1. The molecule has 2 aliphatic rings. The average Bonchev–Trinajstić information content (AvgIpc) is 3.43. The van der Waals surface area contributed by atoms with Gasteiger partial charge in [-0.15, -0.1) is 0 Å². The molecule has 34 heavy (non-hydrogen) atoms. The van der Waals surface area contributed by atoms with Crippen LogP contribution in [0.5, 0.6) is 0 Å². The lowest BCUT2D eigenvalue weighted by Gasteiger charge is -2.16. The van der Waals surface area contributed by atoms with Crippen molar-refractivity contribution < 1.29 is 29.0 Å². The molecule has 8 nitrogen and oxygen atoms in total. The van der Waals surface area contributed by atoms with Crippen LogP contribution in [0.25, 0.3) is 11.1 Å². The van der Waals surface area contributed by atoms with Gasteiger partial charge in [0.15, 0.2) is 0 Å². The number of rotatable bonds is 9. The molecule has 8 heteroatoms. The highest BCUT2D eigenvalue weighted by Gasteiger charge is 2.31. The van der Waals surface area contributed by atoms with Crippen molar-refractivity contribution in [2.24, 2.45) is 11.8 Å². The van der Waals surface area contributed by atoms with E-state index in [1.807, 2.05) is 31.2 Å². The van der Waals surface area contributed by atoms with Crippen molar-refractivity contribution >= 4 is 18.0 Å². The van der Waals surface area contributed by atoms with Gasteiger partial charge in [0.05, 0.1) is 18.6 Å². The third-order valence-corrected chi connectivity index (χ3v) is 6.43. The van der Waals surface area contributed by atoms with Crippen molar-refractivity contribution in [1.29, 1.82) is 0 Å². The molecule has 2 aromatic carbocycles. The average molecular weight is 467 g/mol. The van der Waals surface area contributed by atoms with Gasteiger partial charge in [0, 0.05) is 25.4 Å². The summed E-state index contributed by atoms with van der Waals surface area (Å²) < 4.78 is 10.9. The van der Waals surface area contributed by atoms with E-state index in [4.69, 9.17) is 14.6 Å². The van der Waals surface area contributed by atoms with Crippen molar-refractivity contribution in [3.05, 3.63) is 59.7 Å². The third-order valence-electron chi connectivity index (χ3n) is 6.43. The highest BCUT2D eigenvalue weighted by atomic mass is 16.5. The minimum atomic E-state index is -0.873. The van der Waals surface area contributed by atoms with Gasteiger partial charge in [-0.05, 0) is 34.6 Å². The zero-order valence-electron chi connectivity index (χ0n) is 19.2. The number of aliphatic carboxylic acids is 1. The molecular weight excluding hydrogens is 436 g/mol. The van der Waals surface area contributed by atoms with E-state index in [-0.39, 0.29) is 50.0 Å². The molecule has 0 saturated carbocycles. The quantitative estimate of drug-likeness (QED) is 0.523. The first-order valence-electron chi connectivity index (χ1n) is 11.6. The van der Waals surface area contributed by atoms with E-state index in [2.05, 4.69) is 34.9 Å². The normalized spacial score (nSPS) is 19.7. The number of carboxylic acids is 1. The predicted octanol–water partition coefficient (Wildman–Crippen LogP) is 3.16. The summed E-state index contributed by atoms with van der Waals surface area (Å²) in [5.41, 5.74) is 4.66. The summed E-state index contributed by atoms with van der Waals surface area (Å²) in [4.78, 5) is 35.5. The molecule has 3 atom stereocenters. The lowest BCUT2D eigenvalue weighted by Crippen LogP contribution is -2.35. The molecule has 1 aliphatic heterocycles. The Morgan fingerprint density at radius 1 is 1.06 bits per heavy atom. The monoisotopic (exact) mass is 466 g/mol. The molecule has 4 rings (SSSR count). The fourth-order valence-electron chi connectivity index (χ4n) is 4.62. The van der Waals surface area contributed by atoms with E-state index in [0.29, 0.717) is 13.0 Å². The number of fused-ring (bicyclic) bond motifs is 3. The maximum Gasteiger partial charge on any atom is 0.407 e. The summed E-state index contributed by atoms with van der Waals surface area (Å²) in [6.45, 7) is 2.89. The Bertz CT molecular complexity index is 1010. The Labute approximate surface area is 198 Å². The third kappa shape index (κ3) is 5.56. The van der Waals surface area contributed by atoms with Gasteiger partial charge in [0.1, 0.15) is 6.61 Å². The van der Waals surface area contributed by atoms with Gasteiger partial charge in [-0.1, -0.05) is 55.5 Å². The molecular formula is C26H30N2O6. The van der Waals surface area contributed by atoms with Crippen LogP contribution >= 0.6 is 0 Å². The van der Waals surface area contributed by atoms with Gasteiger partial charge >= 0.3 is 12.1 Å². The first kappa shape index (κ1) is 23.8. The molecule has 0 spiro atoms. The van der Waals surface area contributed by atoms with Crippen LogP contribution in [0.15, 0.2) is 48.5 Å². The Hall–Kier alpha value is -3.39. The highest BCUT2D eigenvalue weighted by molar-refractivity contribution is 5.79. The molecule has 180 valence electrons. The van der Waals surface area contributed by atoms with E-state index >= 15 is 0 Å². The van der Waals surface area contributed by atoms with E-state index in [1.165, 1.54) is 11.1 Å². The van der Waals surface area contributed by atoms with E-state index in [1.54, 1.807) is 0 Å². The lowest BCUT2D eigenvalue weighted by atomic mass is 9.98. The number of hydrogen-bond acceptors (Lipinski definition) is 5. The number of alkyl carbamates (subject to hydrolysis) is 1. The van der Waals surface area contributed by atoms with Crippen LogP contribution in [0.4, 0.5) is 4.79 Å². The fourth-order valence-corrected chi connectivity index (χ4v) is 4.62. The standard InChI is InChI=1S/C26H30N2O6/c1-16(10-24(29)27-13-18-11-17(14-33-18)25(30)31)12-28-26(32)34-15-23-21-8-4-2-6-19(21)20-7-3-5-9-22(20)23/h2-9,16-18,23H,10-15H2,1H3,(H,27,29)(H,28,32)(H,30,31). The second-order valence-corrected chi connectivity index (χ2v) is 9.05. The topological polar surface area (TPSA) is 114 Å². The largest absolute Gasteiger partial charge is 0.481 e. The highest BCUT2D eigenvalue weighted by Crippen LogP contribution is 2.44. The lowest BCUT2D eigenvalue weighted by molar-refractivity contribution is -0.141. The molecule has 3 unspecified atom stereocenters. The SMILES string of the molecule is CC(CNC(=O)OCC1c2ccccc2-c2ccccc21)CC(=O)NCC1CC(C(=O)O)CO1. The molecule has 3 N–H and O–H groups in total. The van der Waals surface area contributed by atoms with Crippen LogP contribution < -0.4 is 10.6 Å². The summed E-state index contributed by atoms with van der Waals surface area (Å²) in [6.07, 6.45) is -0.153. The Balaban J connectivity index is 1.18. The summed E-state index contributed by atoms with van der Waals surface area (Å²) in [6, 6.07) is 16.3. The number of carboxylic acid groups (broad SMARTS) is 1. The van der Waals surface area contributed by atoms with Crippen LogP contribution in [-0.2, 0) is 19.1 Å². The molecule has 1 heterocycles. The van der Waals surface area contributed by atoms with Crippen LogP contribution in [0.1, 0.15) is 36.8 Å². The van der Waals surface area contributed by atoms with Crippen molar-refractivity contribution in [1.82, 2.24) is 10.6 Å². The minimum absolute atomic E-state index is 0.000109. The van der Waals surface area contributed by atoms with Crippen molar-refractivity contribution in [3.8, 4) is 11.1 Å². The number of benzene rings is 2. The van der Waals surface area contributed by atoms with Crippen LogP contribution in [-0.4, -0.2) is 55.5 Å². The van der Waals surface area contributed by atoms with Gasteiger partial charge in [0.2, 0.25) is 5.91 Å². The van der Waals surface area contributed by atoms with Crippen LogP contribution in [0.2, 0.25) is 0 Å². The van der Waals surface area contributed by atoms with Crippen molar-refractivity contribution in [3.63, 3.8) is 0 Å². The number of hydrogen-bond donors (Lipinski definition) is 3. The van der Waals surface area contributed by atoms with Gasteiger partial charge < -0.3 is 25.2 Å². The number of amides is 2. The first-order chi connectivity index (χ1) is 16.4. The summed E-state index contributed by atoms with van der Waals surface area (Å²) >= 11 is 0. The summed E-state index contributed by atoms with van der Waals surface area (Å²) in [7, 11) is 0. The van der Waals surface area contributed by atoms with E-state index in [0.717, 1.165) is 11.1 Å². The van der Waals surface area contributed by atoms with Crippen LogP contribution in [0, 0.1) is 11.8 Å². The van der Waals surface area contributed by atoms with E-state index < -0.39 is 18.0 Å². The van der Waals surface area contributed by atoms with Crippen LogP contribution in [0.3, 0.4) is 0 Å². The smallest absolute Gasteiger partial charge is 0.407 e. The molecule has 0 radical (unpaired) electrons.